The lowest BCUT2D eigenvalue weighted by Gasteiger charge is -2.20. The standard InChI is InChI=1S/C12H15N5O2/c1-7-4-11(18)16(12(7)19)9(3)15-6-13-10-5-8(2)14-17(10)15/h5-7,9H,4H2,1-3H3/p+1. The first-order chi connectivity index (χ1) is 8.99. The fourth-order valence-electron chi connectivity index (χ4n) is 2.53. The number of carbonyl (C=O) groups excluding carboxylic acids is 2. The molecule has 1 N–H and O–H groups in total. The minimum Gasteiger partial charge on any atom is -0.274 e. The molecule has 0 saturated carbocycles. The zero-order chi connectivity index (χ0) is 13.7. The summed E-state index contributed by atoms with van der Waals surface area (Å²) >= 11 is 0. The molecule has 2 unspecified atom stereocenters. The molecule has 7 heteroatoms. The lowest BCUT2D eigenvalue weighted by atomic mass is 10.1. The third-order valence-electron chi connectivity index (χ3n) is 3.55. The number of fused-ring (bicyclic) bond motifs is 1. The molecule has 0 spiro atoms. The number of aromatic amines is 1. The molecule has 2 aromatic heterocycles. The van der Waals surface area contributed by atoms with Crippen LogP contribution in [0.2, 0.25) is 0 Å². The van der Waals surface area contributed by atoms with Crippen LogP contribution in [0.1, 0.15) is 32.1 Å². The van der Waals surface area contributed by atoms with E-state index in [0.29, 0.717) is 0 Å². The number of likely N-dealkylation sites (tertiary alicyclic amines) is 1. The Balaban J connectivity index is 2.02. The Bertz CT molecular complexity index is 671. The van der Waals surface area contributed by atoms with E-state index < -0.39 is 6.17 Å². The fourth-order valence-corrected chi connectivity index (χ4v) is 2.53. The van der Waals surface area contributed by atoms with Crippen LogP contribution in [0.4, 0.5) is 0 Å². The summed E-state index contributed by atoms with van der Waals surface area (Å²) in [6.07, 6.45) is 1.52. The van der Waals surface area contributed by atoms with E-state index in [1.165, 1.54) is 4.90 Å². The first-order valence-electron chi connectivity index (χ1n) is 6.29. The van der Waals surface area contributed by atoms with Crippen LogP contribution in [0.15, 0.2) is 12.4 Å². The molecule has 0 aliphatic carbocycles. The van der Waals surface area contributed by atoms with Crippen molar-refractivity contribution < 1.29 is 14.3 Å². The minimum absolute atomic E-state index is 0.122. The molecule has 2 atom stereocenters. The number of nitrogens with zero attached hydrogens (tertiary/aromatic N) is 4. The van der Waals surface area contributed by atoms with E-state index in [2.05, 4.69) is 10.1 Å². The summed E-state index contributed by atoms with van der Waals surface area (Å²) in [5, 5.41) is 3.12. The van der Waals surface area contributed by atoms with Crippen molar-refractivity contribution in [2.45, 2.75) is 33.4 Å². The van der Waals surface area contributed by atoms with Crippen molar-refractivity contribution in [3.8, 4) is 0 Å². The number of aromatic nitrogens is 4. The van der Waals surface area contributed by atoms with Gasteiger partial charge in [-0.2, -0.15) is 0 Å². The van der Waals surface area contributed by atoms with Gasteiger partial charge in [-0.3, -0.25) is 9.59 Å². The second kappa shape index (κ2) is 3.91. The van der Waals surface area contributed by atoms with E-state index in [4.69, 9.17) is 0 Å². The topological polar surface area (TPSA) is 74.3 Å². The Labute approximate surface area is 109 Å². The van der Waals surface area contributed by atoms with E-state index in [-0.39, 0.29) is 24.2 Å². The smallest absolute Gasteiger partial charge is 0.273 e. The van der Waals surface area contributed by atoms with Gasteiger partial charge in [-0.05, 0) is 13.8 Å². The lowest BCUT2D eigenvalue weighted by molar-refractivity contribution is -0.798. The molecule has 3 rings (SSSR count). The highest BCUT2D eigenvalue weighted by molar-refractivity contribution is 6.03. The second-order valence-corrected chi connectivity index (χ2v) is 5.07. The molecule has 1 aliphatic rings. The minimum atomic E-state index is -0.391. The first kappa shape index (κ1) is 11.9. The molecule has 0 bridgehead atoms. The second-order valence-electron chi connectivity index (χ2n) is 5.07. The zero-order valence-corrected chi connectivity index (χ0v) is 11.1. The van der Waals surface area contributed by atoms with E-state index in [9.17, 15) is 9.59 Å². The summed E-state index contributed by atoms with van der Waals surface area (Å²) in [5.41, 5.74) is 1.73. The summed E-state index contributed by atoms with van der Waals surface area (Å²) in [4.78, 5) is 29.5. The van der Waals surface area contributed by atoms with Crippen LogP contribution in [0.5, 0.6) is 0 Å². The number of hydrogen-bond donors (Lipinski definition) is 1. The Morgan fingerprint density at radius 3 is 2.89 bits per heavy atom. The molecule has 1 fully saturated rings. The van der Waals surface area contributed by atoms with Gasteiger partial charge in [-0.1, -0.05) is 16.5 Å². The summed E-state index contributed by atoms with van der Waals surface area (Å²) in [6, 6.07) is 1.90. The van der Waals surface area contributed by atoms with E-state index >= 15 is 0 Å². The van der Waals surface area contributed by atoms with Gasteiger partial charge in [0.2, 0.25) is 18.1 Å². The molecule has 7 nitrogen and oxygen atoms in total. The number of hydrogen-bond acceptors (Lipinski definition) is 3. The molecular weight excluding hydrogens is 246 g/mol. The van der Waals surface area contributed by atoms with Gasteiger partial charge in [0.15, 0.2) is 6.17 Å². The predicted molar refractivity (Wildman–Crippen MR) is 64.8 cm³/mol. The van der Waals surface area contributed by atoms with E-state index in [1.807, 2.05) is 19.9 Å². The molecule has 0 aromatic carbocycles. The number of imide groups is 1. The van der Waals surface area contributed by atoms with Crippen LogP contribution >= 0.6 is 0 Å². The van der Waals surface area contributed by atoms with Crippen molar-refractivity contribution in [1.82, 2.24) is 19.6 Å². The SMILES string of the molecule is Cc1cc2nc[n+](C(C)N3C(=O)CC(C)C3=O)n2[nH]1. The van der Waals surface area contributed by atoms with E-state index in [0.717, 1.165) is 11.3 Å². The van der Waals surface area contributed by atoms with Crippen molar-refractivity contribution in [1.29, 1.82) is 0 Å². The summed E-state index contributed by atoms with van der Waals surface area (Å²) in [6.45, 7) is 5.53. The van der Waals surface area contributed by atoms with Crippen molar-refractivity contribution in [2.75, 3.05) is 0 Å². The van der Waals surface area contributed by atoms with Gasteiger partial charge in [0.1, 0.15) is 0 Å². The Kier molecular flexibility index (Phi) is 2.44. The number of nitrogens with one attached hydrogen (secondary N) is 1. The molecule has 1 aliphatic heterocycles. The maximum Gasteiger partial charge on any atom is 0.273 e. The molecule has 0 radical (unpaired) electrons. The molecule has 2 amide bonds. The van der Waals surface area contributed by atoms with Crippen LogP contribution in [-0.2, 0) is 9.59 Å². The van der Waals surface area contributed by atoms with Crippen molar-refractivity contribution in [2.24, 2.45) is 5.92 Å². The number of amides is 2. The fraction of sp³-hybridized carbons (Fsp3) is 0.500. The monoisotopic (exact) mass is 262 g/mol. The highest BCUT2D eigenvalue weighted by Gasteiger charge is 2.41. The van der Waals surface area contributed by atoms with Gasteiger partial charge in [-0.15, -0.1) is 4.68 Å². The number of H-pyrrole nitrogens is 1. The lowest BCUT2D eigenvalue weighted by Crippen LogP contribution is -2.53. The zero-order valence-electron chi connectivity index (χ0n) is 11.1. The molecule has 3 heterocycles. The number of carbonyl (C=O) groups is 2. The largest absolute Gasteiger partial charge is 0.274 e. The third kappa shape index (κ3) is 1.65. The maximum absolute atomic E-state index is 12.0. The molecular formula is C12H16N5O2+. The Hall–Kier alpha value is -2.18. The van der Waals surface area contributed by atoms with Crippen LogP contribution < -0.4 is 4.68 Å². The molecule has 2 aromatic rings. The summed E-state index contributed by atoms with van der Waals surface area (Å²) in [5.74, 6) is -0.483. The predicted octanol–water partition coefficient (Wildman–Crippen LogP) is 0.172. The van der Waals surface area contributed by atoms with Crippen LogP contribution in [0.25, 0.3) is 5.65 Å². The van der Waals surface area contributed by atoms with Crippen molar-refractivity contribution in [3.05, 3.63) is 18.1 Å². The highest BCUT2D eigenvalue weighted by Crippen LogP contribution is 2.23. The van der Waals surface area contributed by atoms with Gasteiger partial charge in [0.05, 0.1) is 5.69 Å². The Morgan fingerprint density at radius 1 is 1.53 bits per heavy atom. The first-order valence-corrected chi connectivity index (χ1v) is 6.29. The molecule has 1 saturated heterocycles. The number of aryl methyl sites for hydroxylation is 1. The van der Waals surface area contributed by atoms with Crippen LogP contribution in [0.3, 0.4) is 0 Å². The normalized spacial score (nSPS) is 21.6. The molecule has 19 heavy (non-hydrogen) atoms. The van der Waals surface area contributed by atoms with Crippen LogP contribution in [0, 0.1) is 12.8 Å². The average molecular weight is 262 g/mol. The van der Waals surface area contributed by atoms with Gasteiger partial charge < -0.3 is 0 Å². The van der Waals surface area contributed by atoms with E-state index in [1.54, 1.807) is 22.6 Å². The Morgan fingerprint density at radius 2 is 2.26 bits per heavy atom. The van der Waals surface area contributed by atoms with Gasteiger partial charge in [-0.25, -0.2) is 10.00 Å². The quantitative estimate of drug-likeness (QED) is 0.619. The highest BCUT2D eigenvalue weighted by atomic mass is 16.2. The third-order valence-corrected chi connectivity index (χ3v) is 3.55. The summed E-state index contributed by atoms with van der Waals surface area (Å²) in [7, 11) is 0. The van der Waals surface area contributed by atoms with Gasteiger partial charge >= 0.3 is 0 Å². The van der Waals surface area contributed by atoms with Gasteiger partial charge in [0, 0.05) is 18.4 Å². The molecule has 100 valence electrons. The maximum atomic E-state index is 12.0. The van der Waals surface area contributed by atoms with Crippen molar-refractivity contribution >= 4 is 17.5 Å². The van der Waals surface area contributed by atoms with Gasteiger partial charge in [0.25, 0.3) is 5.65 Å². The van der Waals surface area contributed by atoms with Crippen LogP contribution in [-0.4, -0.2) is 31.4 Å². The summed E-state index contributed by atoms with van der Waals surface area (Å²) < 4.78 is 3.49. The average Bonchev–Trinajstić information content (AvgIpc) is 2.93. The van der Waals surface area contributed by atoms with Crippen molar-refractivity contribution in [3.63, 3.8) is 0 Å². The number of rotatable bonds is 2.